The van der Waals surface area contributed by atoms with E-state index >= 15 is 0 Å². The van der Waals surface area contributed by atoms with Crippen LogP contribution in [0.5, 0.6) is 0 Å². The summed E-state index contributed by atoms with van der Waals surface area (Å²) in [7, 11) is 0. The lowest BCUT2D eigenvalue weighted by molar-refractivity contribution is -0.138. The first-order chi connectivity index (χ1) is 10.8. The van der Waals surface area contributed by atoms with E-state index in [1.165, 1.54) is 12.1 Å². The summed E-state index contributed by atoms with van der Waals surface area (Å²) in [6, 6.07) is 5.50. The molecule has 1 aliphatic heterocycles. The number of rotatable bonds is 4. The Morgan fingerprint density at radius 2 is 2.04 bits per heavy atom. The van der Waals surface area contributed by atoms with Crippen molar-refractivity contribution in [2.24, 2.45) is 5.92 Å². The Hall–Kier alpha value is -1.27. The van der Waals surface area contributed by atoms with E-state index in [4.69, 9.17) is 0 Å². The number of nitrogens with one attached hydrogen (secondary N) is 2. The summed E-state index contributed by atoms with van der Waals surface area (Å²) >= 11 is 0. The zero-order valence-electron chi connectivity index (χ0n) is 13.8. The molecular weight excluding hydrogens is 341 g/mol. The van der Waals surface area contributed by atoms with Crippen LogP contribution in [0, 0.1) is 5.92 Å². The molecule has 0 spiro atoms. The van der Waals surface area contributed by atoms with Crippen LogP contribution in [-0.2, 0) is 11.0 Å². The summed E-state index contributed by atoms with van der Waals surface area (Å²) in [6.45, 7) is 5.38. The summed E-state index contributed by atoms with van der Waals surface area (Å²) < 4.78 is 39.2. The van der Waals surface area contributed by atoms with E-state index in [2.05, 4.69) is 17.6 Å². The number of alkyl halides is 3. The molecule has 1 aromatic carbocycles. The van der Waals surface area contributed by atoms with Gasteiger partial charge in [0.05, 0.1) is 5.56 Å². The number of piperidine rings is 1. The maximum absolute atomic E-state index is 13.1. The molecule has 7 heteroatoms. The largest absolute Gasteiger partial charge is 0.416 e. The van der Waals surface area contributed by atoms with Crippen LogP contribution in [0.1, 0.15) is 43.7 Å². The fourth-order valence-electron chi connectivity index (χ4n) is 3.02. The summed E-state index contributed by atoms with van der Waals surface area (Å²) in [4.78, 5) is 12.2. The second-order valence-electron chi connectivity index (χ2n) is 6.33. The van der Waals surface area contributed by atoms with Gasteiger partial charge in [-0.25, -0.2) is 0 Å². The van der Waals surface area contributed by atoms with Crippen LogP contribution < -0.4 is 10.6 Å². The second-order valence-corrected chi connectivity index (χ2v) is 6.33. The predicted octanol–water partition coefficient (Wildman–Crippen LogP) is 3.74. The maximum atomic E-state index is 13.1. The molecule has 136 valence electrons. The molecule has 0 saturated carbocycles. The molecule has 2 N–H and O–H groups in total. The summed E-state index contributed by atoms with van der Waals surface area (Å²) in [6.07, 6.45) is -3.36. The number of hydrogen-bond donors (Lipinski definition) is 2. The van der Waals surface area contributed by atoms with Gasteiger partial charge < -0.3 is 10.6 Å². The Bertz CT molecular complexity index is 551. The number of halogens is 4. The molecule has 0 aromatic heterocycles. The number of benzene rings is 1. The Labute approximate surface area is 146 Å². The van der Waals surface area contributed by atoms with Crippen LogP contribution in [0.15, 0.2) is 24.3 Å². The lowest BCUT2D eigenvalue weighted by atomic mass is 9.91. The highest BCUT2D eigenvalue weighted by Gasteiger charge is 2.34. The molecule has 1 aromatic rings. The normalized spacial score (nSPS) is 22.4. The third-order valence-corrected chi connectivity index (χ3v) is 4.46. The van der Waals surface area contributed by atoms with Crippen molar-refractivity contribution in [1.29, 1.82) is 0 Å². The molecule has 0 radical (unpaired) electrons. The molecule has 3 nitrogen and oxygen atoms in total. The van der Waals surface area contributed by atoms with Gasteiger partial charge in [-0.15, -0.1) is 12.4 Å². The Morgan fingerprint density at radius 1 is 1.38 bits per heavy atom. The highest BCUT2D eigenvalue weighted by atomic mass is 35.5. The number of amides is 1. The van der Waals surface area contributed by atoms with Crippen molar-refractivity contribution in [2.45, 2.75) is 44.8 Å². The van der Waals surface area contributed by atoms with Crippen LogP contribution >= 0.6 is 12.4 Å². The third-order valence-electron chi connectivity index (χ3n) is 4.46. The van der Waals surface area contributed by atoms with E-state index in [0.29, 0.717) is 12.5 Å². The zero-order chi connectivity index (χ0) is 17.0. The van der Waals surface area contributed by atoms with E-state index in [1.54, 1.807) is 13.0 Å². The van der Waals surface area contributed by atoms with E-state index in [9.17, 15) is 18.0 Å². The number of carbonyl (C=O) groups is 1. The fraction of sp³-hybridized carbons (Fsp3) is 0.588. The lowest BCUT2D eigenvalue weighted by Crippen LogP contribution is -2.50. The van der Waals surface area contributed by atoms with Crippen LogP contribution in [0.4, 0.5) is 13.2 Å². The van der Waals surface area contributed by atoms with Gasteiger partial charge in [0.15, 0.2) is 0 Å². The summed E-state index contributed by atoms with van der Waals surface area (Å²) in [5, 5.41) is 6.17. The minimum absolute atomic E-state index is 0. The zero-order valence-corrected chi connectivity index (χ0v) is 14.6. The molecule has 2 rings (SSSR count). The van der Waals surface area contributed by atoms with E-state index in [1.807, 2.05) is 0 Å². The Kier molecular flexibility index (Phi) is 7.55. The SMILES string of the molecule is CC(CC(=O)NC1CNCCC1C)c1ccccc1C(F)(F)F.Cl. The maximum Gasteiger partial charge on any atom is 0.416 e. The Morgan fingerprint density at radius 3 is 2.67 bits per heavy atom. The number of carbonyl (C=O) groups excluding carboxylic acids is 1. The average molecular weight is 365 g/mol. The summed E-state index contributed by atoms with van der Waals surface area (Å²) in [5.41, 5.74) is -0.488. The van der Waals surface area contributed by atoms with Crippen LogP contribution in [0.2, 0.25) is 0 Å². The van der Waals surface area contributed by atoms with Gasteiger partial charge in [0.2, 0.25) is 5.91 Å². The van der Waals surface area contributed by atoms with Crippen LogP contribution in [0.3, 0.4) is 0 Å². The quantitative estimate of drug-likeness (QED) is 0.854. The van der Waals surface area contributed by atoms with Gasteiger partial charge in [-0.1, -0.05) is 32.0 Å². The standard InChI is InChI=1S/C17H23F3N2O.ClH/c1-11-7-8-21-10-15(11)22-16(23)9-12(2)13-5-3-4-6-14(13)17(18,19)20;/h3-6,11-12,15,21H,7-10H2,1-2H3,(H,22,23);1H. The van der Waals surface area contributed by atoms with Gasteiger partial charge in [-0.2, -0.15) is 13.2 Å². The second kappa shape index (κ2) is 8.72. The minimum atomic E-state index is -4.40. The van der Waals surface area contributed by atoms with Crippen molar-refractivity contribution in [3.8, 4) is 0 Å². The lowest BCUT2D eigenvalue weighted by Gasteiger charge is -2.30. The van der Waals surface area contributed by atoms with Crippen molar-refractivity contribution >= 4 is 18.3 Å². The Balaban J connectivity index is 0.00000288. The molecule has 1 heterocycles. The van der Waals surface area contributed by atoms with Crippen LogP contribution in [-0.4, -0.2) is 25.0 Å². The molecule has 24 heavy (non-hydrogen) atoms. The monoisotopic (exact) mass is 364 g/mol. The molecule has 3 atom stereocenters. The van der Waals surface area contributed by atoms with E-state index in [-0.39, 0.29) is 36.3 Å². The average Bonchev–Trinajstić information content (AvgIpc) is 2.48. The molecule has 1 aliphatic rings. The first-order valence-corrected chi connectivity index (χ1v) is 7.95. The highest BCUT2D eigenvalue weighted by molar-refractivity contribution is 5.85. The van der Waals surface area contributed by atoms with Gasteiger partial charge in [-0.3, -0.25) is 4.79 Å². The first kappa shape index (κ1) is 20.8. The molecule has 0 aliphatic carbocycles. The summed E-state index contributed by atoms with van der Waals surface area (Å²) in [5.74, 6) is -0.312. The fourth-order valence-corrected chi connectivity index (χ4v) is 3.02. The van der Waals surface area contributed by atoms with Crippen molar-refractivity contribution in [3.63, 3.8) is 0 Å². The van der Waals surface area contributed by atoms with Gasteiger partial charge in [0, 0.05) is 19.0 Å². The molecule has 1 saturated heterocycles. The van der Waals surface area contributed by atoms with E-state index in [0.717, 1.165) is 19.0 Å². The third kappa shape index (κ3) is 5.38. The van der Waals surface area contributed by atoms with Crippen molar-refractivity contribution in [1.82, 2.24) is 10.6 Å². The van der Waals surface area contributed by atoms with Crippen molar-refractivity contribution < 1.29 is 18.0 Å². The smallest absolute Gasteiger partial charge is 0.352 e. The van der Waals surface area contributed by atoms with Gasteiger partial charge in [-0.05, 0) is 36.4 Å². The molecular formula is C17H24ClF3N2O. The highest BCUT2D eigenvalue weighted by Crippen LogP contribution is 2.35. The van der Waals surface area contributed by atoms with Crippen LogP contribution in [0.25, 0.3) is 0 Å². The topological polar surface area (TPSA) is 41.1 Å². The first-order valence-electron chi connectivity index (χ1n) is 7.95. The predicted molar refractivity (Wildman–Crippen MR) is 90.3 cm³/mol. The van der Waals surface area contributed by atoms with Gasteiger partial charge in [0.1, 0.15) is 0 Å². The molecule has 0 bridgehead atoms. The molecule has 1 amide bonds. The van der Waals surface area contributed by atoms with E-state index < -0.39 is 17.7 Å². The van der Waals surface area contributed by atoms with Gasteiger partial charge in [0.25, 0.3) is 0 Å². The molecule has 1 fully saturated rings. The minimum Gasteiger partial charge on any atom is -0.352 e. The van der Waals surface area contributed by atoms with Crippen molar-refractivity contribution in [3.05, 3.63) is 35.4 Å². The molecule has 3 unspecified atom stereocenters. The van der Waals surface area contributed by atoms with Gasteiger partial charge >= 0.3 is 6.18 Å². The van der Waals surface area contributed by atoms with Crippen molar-refractivity contribution in [2.75, 3.05) is 13.1 Å². The number of hydrogen-bond acceptors (Lipinski definition) is 2.